The van der Waals surface area contributed by atoms with Crippen molar-refractivity contribution in [1.29, 1.82) is 0 Å². The third-order valence-electron chi connectivity index (χ3n) is 2.93. The lowest BCUT2D eigenvalue weighted by Crippen LogP contribution is -2.11. The molecule has 0 saturated heterocycles. The summed E-state index contributed by atoms with van der Waals surface area (Å²) < 4.78 is 38.3. The van der Waals surface area contributed by atoms with Crippen LogP contribution in [-0.4, -0.2) is 15.2 Å². The van der Waals surface area contributed by atoms with Crippen molar-refractivity contribution < 1.29 is 13.2 Å². The van der Waals surface area contributed by atoms with Crippen molar-refractivity contribution in [2.24, 2.45) is 0 Å². The number of aromatic nitrogens is 3. The minimum atomic E-state index is -4.42. The monoisotopic (exact) mass is 270 g/mol. The number of hydrogen-bond acceptors (Lipinski definition) is 3. The fourth-order valence-corrected chi connectivity index (χ4v) is 1.66. The topological polar surface area (TPSA) is 53.6 Å². The van der Waals surface area contributed by atoms with Crippen LogP contribution in [0.3, 0.4) is 0 Å². The van der Waals surface area contributed by atoms with Gasteiger partial charge in [-0.2, -0.15) is 18.3 Å². The molecule has 2 aromatic heterocycles. The molecule has 0 aliphatic heterocycles. The van der Waals surface area contributed by atoms with Gasteiger partial charge in [-0.3, -0.25) is 10.1 Å². The maximum Gasteiger partial charge on any atom is 0.419 e. The van der Waals surface area contributed by atoms with E-state index < -0.39 is 11.7 Å². The van der Waals surface area contributed by atoms with Crippen molar-refractivity contribution in [2.45, 2.75) is 26.6 Å². The molecule has 102 valence electrons. The van der Waals surface area contributed by atoms with Crippen LogP contribution in [0.15, 0.2) is 18.5 Å². The molecule has 2 rings (SSSR count). The third-order valence-corrected chi connectivity index (χ3v) is 2.93. The molecule has 0 fully saturated rings. The highest BCUT2D eigenvalue weighted by molar-refractivity contribution is 5.51. The molecule has 0 aromatic carbocycles. The van der Waals surface area contributed by atoms with Gasteiger partial charge in [0.15, 0.2) is 0 Å². The summed E-state index contributed by atoms with van der Waals surface area (Å²) in [6, 6.07) is 1.30. The van der Waals surface area contributed by atoms with Gasteiger partial charge in [0, 0.05) is 23.8 Å². The molecule has 0 bridgehead atoms. The Morgan fingerprint density at radius 3 is 2.63 bits per heavy atom. The van der Waals surface area contributed by atoms with E-state index in [4.69, 9.17) is 0 Å². The highest BCUT2D eigenvalue weighted by atomic mass is 19.4. The number of nitrogens with one attached hydrogen (secondary N) is 2. The zero-order valence-corrected chi connectivity index (χ0v) is 10.5. The van der Waals surface area contributed by atoms with Gasteiger partial charge in [-0.15, -0.1) is 0 Å². The van der Waals surface area contributed by atoms with Crippen LogP contribution >= 0.6 is 0 Å². The minimum Gasteiger partial charge on any atom is -0.379 e. The van der Waals surface area contributed by atoms with Crippen LogP contribution in [0.4, 0.5) is 18.9 Å². The summed E-state index contributed by atoms with van der Waals surface area (Å²) in [4.78, 5) is 3.51. The smallest absolute Gasteiger partial charge is 0.379 e. The molecule has 19 heavy (non-hydrogen) atoms. The molecule has 2 N–H and O–H groups in total. The van der Waals surface area contributed by atoms with Crippen LogP contribution in [0.1, 0.15) is 22.5 Å². The van der Waals surface area contributed by atoms with Gasteiger partial charge in [0.25, 0.3) is 0 Å². The average molecular weight is 270 g/mol. The highest BCUT2D eigenvalue weighted by Gasteiger charge is 2.33. The molecule has 0 atom stereocenters. The lowest BCUT2D eigenvalue weighted by molar-refractivity contribution is -0.137. The average Bonchev–Trinajstić information content (AvgIpc) is 2.67. The normalized spacial score (nSPS) is 11.6. The first-order chi connectivity index (χ1) is 8.89. The third kappa shape index (κ3) is 2.86. The van der Waals surface area contributed by atoms with Crippen LogP contribution in [0.5, 0.6) is 0 Å². The zero-order chi connectivity index (χ0) is 14.0. The summed E-state index contributed by atoms with van der Waals surface area (Å²) in [6.45, 7) is 3.95. The lowest BCUT2D eigenvalue weighted by Gasteiger charge is -2.13. The standard InChI is InChI=1S/C12H13F3N4/c1-7-8(2)18-19-11(7)6-17-10-3-4-16-5-9(10)12(13,14)15/h3-5H,6H2,1-2H3,(H,16,17)(H,18,19). The van der Waals surface area contributed by atoms with E-state index in [0.717, 1.165) is 17.5 Å². The van der Waals surface area contributed by atoms with Crippen LogP contribution in [0, 0.1) is 13.8 Å². The fourth-order valence-electron chi connectivity index (χ4n) is 1.66. The molecular weight excluding hydrogens is 257 g/mol. The van der Waals surface area contributed by atoms with Crippen LogP contribution in [0.25, 0.3) is 0 Å². The second kappa shape index (κ2) is 4.91. The Labute approximate surface area is 108 Å². The Bertz CT molecular complexity index is 575. The number of rotatable bonds is 3. The Morgan fingerprint density at radius 2 is 2.05 bits per heavy atom. The molecule has 0 aliphatic rings. The maximum absolute atomic E-state index is 12.8. The molecule has 0 amide bonds. The fraction of sp³-hybridized carbons (Fsp3) is 0.333. The summed E-state index contributed by atoms with van der Waals surface area (Å²) in [7, 11) is 0. The largest absolute Gasteiger partial charge is 0.419 e. The number of alkyl halides is 3. The summed E-state index contributed by atoms with van der Waals surface area (Å²) in [5.74, 6) is 0. The first-order valence-electron chi connectivity index (χ1n) is 5.65. The van der Waals surface area contributed by atoms with Gasteiger partial charge < -0.3 is 5.32 Å². The van der Waals surface area contributed by atoms with Crippen molar-refractivity contribution >= 4 is 5.69 Å². The van der Waals surface area contributed by atoms with E-state index in [1.165, 1.54) is 12.3 Å². The predicted octanol–water partition coefficient (Wildman–Crippen LogP) is 3.05. The van der Waals surface area contributed by atoms with Gasteiger partial charge in [0.05, 0.1) is 17.8 Å². The Morgan fingerprint density at radius 1 is 1.32 bits per heavy atom. The molecule has 7 heteroatoms. The lowest BCUT2D eigenvalue weighted by atomic mass is 10.2. The molecule has 0 unspecified atom stereocenters. The molecule has 2 aromatic rings. The summed E-state index contributed by atoms with van der Waals surface area (Å²) in [5.41, 5.74) is 1.77. The van der Waals surface area contributed by atoms with E-state index in [2.05, 4.69) is 20.5 Å². The predicted molar refractivity (Wildman–Crippen MR) is 64.6 cm³/mol. The second-order valence-electron chi connectivity index (χ2n) is 4.19. The van der Waals surface area contributed by atoms with Gasteiger partial charge in [-0.25, -0.2) is 0 Å². The quantitative estimate of drug-likeness (QED) is 0.901. The number of aryl methyl sites for hydroxylation is 1. The number of pyridine rings is 1. The minimum absolute atomic E-state index is 0.00236. The van der Waals surface area contributed by atoms with E-state index >= 15 is 0 Å². The van der Waals surface area contributed by atoms with E-state index in [-0.39, 0.29) is 12.2 Å². The van der Waals surface area contributed by atoms with Crippen LogP contribution < -0.4 is 5.32 Å². The molecule has 0 saturated carbocycles. The number of H-pyrrole nitrogens is 1. The van der Waals surface area contributed by atoms with Crippen molar-refractivity contribution in [2.75, 3.05) is 5.32 Å². The number of aromatic amines is 1. The van der Waals surface area contributed by atoms with E-state index in [0.29, 0.717) is 5.69 Å². The van der Waals surface area contributed by atoms with E-state index in [1.54, 1.807) is 0 Å². The Balaban J connectivity index is 2.19. The first-order valence-corrected chi connectivity index (χ1v) is 5.65. The maximum atomic E-state index is 12.8. The highest BCUT2D eigenvalue weighted by Crippen LogP contribution is 2.34. The first kappa shape index (κ1) is 13.4. The van der Waals surface area contributed by atoms with Crippen molar-refractivity contribution in [1.82, 2.24) is 15.2 Å². The van der Waals surface area contributed by atoms with Gasteiger partial charge in [0.1, 0.15) is 0 Å². The Kier molecular flexibility index (Phi) is 3.46. The molecule has 4 nitrogen and oxygen atoms in total. The van der Waals surface area contributed by atoms with E-state index in [9.17, 15) is 13.2 Å². The van der Waals surface area contributed by atoms with E-state index in [1.807, 2.05) is 13.8 Å². The molecular formula is C12H13F3N4. The SMILES string of the molecule is Cc1[nH]nc(CNc2ccncc2C(F)(F)F)c1C. The Hall–Kier alpha value is -2.05. The van der Waals surface area contributed by atoms with Crippen molar-refractivity contribution in [3.8, 4) is 0 Å². The molecule has 0 spiro atoms. The second-order valence-corrected chi connectivity index (χ2v) is 4.19. The number of hydrogen-bond donors (Lipinski definition) is 2. The van der Waals surface area contributed by atoms with Crippen molar-refractivity contribution in [3.63, 3.8) is 0 Å². The molecule has 0 aliphatic carbocycles. The van der Waals surface area contributed by atoms with Crippen LogP contribution in [-0.2, 0) is 12.7 Å². The summed E-state index contributed by atoms with van der Waals surface area (Å²) in [6.07, 6.45) is -2.29. The van der Waals surface area contributed by atoms with Gasteiger partial charge in [0.2, 0.25) is 0 Å². The number of nitrogens with zero attached hydrogens (tertiary/aromatic N) is 2. The summed E-state index contributed by atoms with van der Waals surface area (Å²) >= 11 is 0. The molecule has 2 heterocycles. The zero-order valence-electron chi connectivity index (χ0n) is 10.5. The number of anilines is 1. The van der Waals surface area contributed by atoms with Gasteiger partial charge in [-0.1, -0.05) is 0 Å². The number of halogens is 3. The van der Waals surface area contributed by atoms with Gasteiger partial charge in [-0.05, 0) is 25.5 Å². The molecule has 0 radical (unpaired) electrons. The van der Waals surface area contributed by atoms with Crippen LogP contribution in [0.2, 0.25) is 0 Å². The van der Waals surface area contributed by atoms with Gasteiger partial charge >= 0.3 is 6.18 Å². The summed E-state index contributed by atoms with van der Waals surface area (Å²) in [5, 5.41) is 9.58. The van der Waals surface area contributed by atoms with Crippen molar-refractivity contribution in [3.05, 3.63) is 41.0 Å².